The standard InChI is InChI=1S/C18H26FN3O3.C12H16N4O3.C2H6/c1-4-8-21(9-5-2)17-7-6-14(10-16(17)19)22-12-15(25-18(22)24)11-20-13(3)23;1-19-10-4-2-9(3-5-10)16(14)8-11(13)12(18)15-6-7-17;1-2/h6-7,10,15H,4-5,8-9,11-12H2,1-3H3,(H,20,23);2-5,7-8H,6,13-14H2,1H3,(H,15,18);1-2H3/b;11-8-;. The number of nitrogens with one attached hydrogen (secondary N) is 2. The van der Waals surface area contributed by atoms with Crippen LogP contribution in [0.1, 0.15) is 47.5 Å². The minimum absolute atomic E-state index is 0.0967. The SMILES string of the molecule is CC.CCCN(CCC)c1ccc(N2CC(CNC(C)=O)OC2=O)cc1F.COc1ccc(N(N)/C=C(\N)C(=O)NCC=O)cc1. The van der Waals surface area contributed by atoms with Crippen molar-refractivity contribution in [2.24, 2.45) is 11.6 Å². The minimum Gasteiger partial charge on any atom is -0.497 e. The highest BCUT2D eigenvalue weighted by atomic mass is 19.1. The van der Waals surface area contributed by atoms with Gasteiger partial charge in [-0.3, -0.25) is 19.5 Å². The van der Waals surface area contributed by atoms with E-state index < -0.39 is 18.1 Å². The molecule has 0 aromatic heterocycles. The number of hydrogen-bond acceptors (Lipinski definition) is 10. The molecule has 254 valence electrons. The van der Waals surface area contributed by atoms with Gasteiger partial charge in [-0.05, 0) is 55.3 Å². The largest absolute Gasteiger partial charge is 0.497 e. The Kier molecular flexibility index (Phi) is 17.9. The number of methoxy groups -OCH3 is 1. The normalized spacial score (nSPS) is 13.7. The molecule has 1 unspecified atom stereocenters. The third-order valence-electron chi connectivity index (χ3n) is 6.28. The predicted octanol–water partition coefficient (Wildman–Crippen LogP) is 3.43. The van der Waals surface area contributed by atoms with E-state index in [4.69, 9.17) is 21.1 Å². The van der Waals surface area contributed by atoms with Gasteiger partial charge in [0.1, 0.15) is 29.7 Å². The average molecular weight is 646 g/mol. The minimum atomic E-state index is -0.559. The van der Waals surface area contributed by atoms with Crippen molar-refractivity contribution in [2.45, 2.75) is 53.6 Å². The van der Waals surface area contributed by atoms with Crippen molar-refractivity contribution in [1.82, 2.24) is 10.6 Å². The molecule has 1 fully saturated rings. The molecule has 2 aromatic carbocycles. The van der Waals surface area contributed by atoms with Gasteiger partial charge in [0.2, 0.25) is 5.91 Å². The number of benzene rings is 2. The maximum atomic E-state index is 14.6. The third kappa shape index (κ3) is 12.6. The first-order valence-corrected chi connectivity index (χ1v) is 15.2. The van der Waals surface area contributed by atoms with Crippen molar-refractivity contribution < 1.29 is 33.0 Å². The lowest BCUT2D eigenvalue weighted by molar-refractivity contribution is -0.119. The predicted molar refractivity (Wildman–Crippen MR) is 178 cm³/mol. The molecule has 1 heterocycles. The van der Waals surface area contributed by atoms with Crippen LogP contribution in [0, 0.1) is 5.82 Å². The second-order valence-corrected chi connectivity index (χ2v) is 9.74. The molecule has 0 bridgehead atoms. The first-order chi connectivity index (χ1) is 22.0. The van der Waals surface area contributed by atoms with Crippen LogP contribution in [0.2, 0.25) is 0 Å². The van der Waals surface area contributed by atoms with Crippen LogP contribution >= 0.6 is 0 Å². The lowest BCUT2D eigenvalue weighted by Crippen LogP contribution is -2.33. The maximum absolute atomic E-state index is 14.6. The molecule has 1 aliphatic rings. The van der Waals surface area contributed by atoms with Gasteiger partial charge in [-0.1, -0.05) is 27.7 Å². The van der Waals surface area contributed by atoms with Crippen molar-refractivity contribution in [3.8, 4) is 5.75 Å². The van der Waals surface area contributed by atoms with Gasteiger partial charge in [-0.25, -0.2) is 15.0 Å². The van der Waals surface area contributed by atoms with E-state index in [-0.39, 0.29) is 37.1 Å². The number of halogens is 1. The van der Waals surface area contributed by atoms with Gasteiger partial charge < -0.3 is 35.5 Å². The van der Waals surface area contributed by atoms with E-state index in [0.717, 1.165) is 25.9 Å². The summed E-state index contributed by atoms with van der Waals surface area (Å²) in [5.74, 6) is 5.34. The molecule has 0 aliphatic carbocycles. The Morgan fingerprint density at radius 2 is 1.74 bits per heavy atom. The number of anilines is 3. The summed E-state index contributed by atoms with van der Waals surface area (Å²) in [6.45, 7) is 11.5. The summed E-state index contributed by atoms with van der Waals surface area (Å²) in [6.07, 6.45) is 2.74. The van der Waals surface area contributed by atoms with Gasteiger partial charge in [0.05, 0.1) is 43.8 Å². The molecule has 1 saturated heterocycles. The number of cyclic esters (lactones) is 1. The Morgan fingerprint density at radius 3 is 2.26 bits per heavy atom. The fourth-order valence-corrected chi connectivity index (χ4v) is 4.18. The van der Waals surface area contributed by atoms with Gasteiger partial charge in [0.25, 0.3) is 5.91 Å². The van der Waals surface area contributed by atoms with E-state index in [1.165, 1.54) is 29.1 Å². The molecule has 0 spiro atoms. The van der Waals surface area contributed by atoms with Crippen LogP contribution in [0.3, 0.4) is 0 Å². The Morgan fingerprint density at radius 1 is 1.11 bits per heavy atom. The fourth-order valence-electron chi connectivity index (χ4n) is 4.18. The van der Waals surface area contributed by atoms with E-state index >= 15 is 0 Å². The Bertz CT molecular complexity index is 1290. The summed E-state index contributed by atoms with van der Waals surface area (Å²) >= 11 is 0. The third-order valence-corrected chi connectivity index (χ3v) is 6.28. The average Bonchev–Trinajstić information content (AvgIpc) is 3.43. The van der Waals surface area contributed by atoms with Crippen molar-refractivity contribution in [3.63, 3.8) is 0 Å². The van der Waals surface area contributed by atoms with E-state index in [1.54, 1.807) is 43.5 Å². The number of nitrogens with zero attached hydrogens (tertiary/aromatic N) is 3. The fraction of sp³-hybridized carbons (Fsp3) is 0.438. The Balaban J connectivity index is 0.000000452. The zero-order valence-corrected chi connectivity index (χ0v) is 27.5. The summed E-state index contributed by atoms with van der Waals surface area (Å²) in [4.78, 5) is 47.9. The van der Waals surface area contributed by atoms with Gasteiger partial charge >= 0.3 is 6.09 Å². The van der Waals surface area contributed by atoms with Crippen LogP contribution in [-0.2, 0) is 19.1 Å². The van der Waals surface area contributed by atoms with Crippen molar-refractivity contribution in [1.29, 1.82) is 0 Å². The van der Waals surface area contributed by atoms with Crippen LogP contribution in [-0.4, -0.2) is 70.1 Å². The van der Waals surface area contributed by atoms with Gasteiger partial charge in [-0.2, -0.15) is 0 Å². The molecule has 3 amide bonds. The van der Waals surface area contributed by atoms with Gasteiger partial charge in [-0.15, -0.1) is 0 Å². The maximum Gasteiger partial charge on any atom is 0.414 e. The molecule has 13 nitrogen and oxygen atoms in total. The molecular weight excluding hydrogens is 597 g/mol. The molecule has 0 saturated carbocycles. The first-order valence-electron chi connectivity index (χ1n) is 15.2. The number of amides is 3. The summed E-state index contributed by atoms with van der Waals surface area (Å²) in [5, 5.41) is 6.13. The number of nitrogens with two attached hydrogens (primary N) is 2. The molecule has 0 radical (unpaired) electrons. The summed E-state index contributed by atoms with van der Waals surface area (Å²) in [6, 6.07) is 11.7. The molecule has 2 aromatic rings. The number of hydrazine groups is 1. The van der Waals surface area contributed by atoms with Gasteiger partial charge in [0.15, 0.2) is 0 Å². The van der Waals surface area contributed by atoms with Gasteiger partial charge in [0, 0.05) is 26.2 Å². The molecule has 1 atom stereocenters. The highest BCUT2D eigenvalue weighted by molar-refractivity contribution is 5.93. The Labute approximate surface area is 270 Å². The zero-order chi connectivity index (χ0) is 34.6. The lowest BCUT2D eigenvalue weighted by Gasteiger charge is -2.25. The molecule has 6 N–H and O–H groups in total. The van der Waals surface area contributed by atoms with Crippen LogP contribution in [0.4, 0.5) is 26.2 Å². The number of hydrogen-bond donors (Lipinski definition) is 4. The van der Waals surface area contributed by atoms with E-state index in [2.05, 4.69) is 24.5 Å². The highest BCUT2D eigenvalue weighted by Crippen LogP contribution is 2.28. The van der Waals surface area contributed by atoms with E-state index in [9.17, 15) is 23.6 Å². The van der Waals surface area contributed by atoms with Crippen molar-refractivity contribution in [3.05, 3.63) is 60.2 Å². The monoisotopic (exact) mass is 645 g/mol. The summed E-state index contributed by atoms with van der Waals surface area (Å²) in [5.41, 5.74) is 7.09. The van der Waals surface area contributed by atoms with E-state index in [1.807, 2.05) is 18.7 Å². The van der Waals surface area contributed by atoms with Crippen LogP contribution in [0.5, 0.6) is 5.75 Å². The van der Waals surface area contributed by atoms with Crippen molar-refractivity contribution >= 4 is 41.3 Å². The summed E-state index contributed by atoms with van der Waals surface area (Å²) in [7, 11) is 1.56. The smallest absolute Gasteiger partial charge is 0.414 e. The topological polar surface area (TPSA) is 173 Å². The molecule has 1 aliphatic heterocycles. The second kappa shape index (κ2) is 21.0. The molecule has 14 heteroatoms. The molecular formula is C32H48FN7O6. The van der Waals surface area contributed by atoms with Crippen LogP contribution < -0.4 is 41.8 Å². The van der Waals surface area contributed by atoms with Crippen molar-refractivity contribution in [2.75, 3.05) is 54.6 Å². The number of ether oxygens (including phenoxy) is 2. The number of rotatable bonds is 14. The zero-order valence-electron chi connectivity index (χ0n) is 27.5. The lowest BCUT2D eigenvalue weighted by atomic mass is 10.2. The second-order valence-electron chi connectivity index (χ2n) is 9.74. The first kappa shape index (κ1) is 39.2. The number of carbonyl (C=O) groups is 4. The number of aldehydes is 1. The van der Waals surface area contributed by atoms with Crippen LogP contribution in [0.25, 0.3) is 0 Å². The van der Waals surface area contributed by atoms with Crippen LogP contribution in [0.15, 0.2) is 54.4 Å². The Hall–Kier alpha value is -4.85. The quantitative estimate of drug-likeness (QED) is 0.103. The summed E-state index contributed by atoms with van der Waals surface area (Å²) < 4.78 is 24.8. The van der Waals surface area contributed by atoms with E-state index in [0.29, 0.717) is 29.1 Å². The molecule has 46 heavy (non-hydrogen) atoms. The number of carbonyl (C=O) groups excluding carboxylic acids is 4. The molecule has 3 rings (SSSR count). The highest BCUT2D eigenvalue weighted by Gasteiger charge is 2.32.